The topological polar surface area (TPSA) is 77.9 Å². The van der Waals surface area contributed by atoms with E-state index in [-0.39, 0.29) is 11.8 Å². The van der Waals surface area contributed by atoms with Gasteiger partial charge in [-0.2, -0.15) is 0 Å². The van der Waals surface area contributed by atoms with Crippen LogP contribution in [-0.2, 0) is 18.3 Å². The van der Waals surface area contributed by atoms with Gasteiger partial charge in [0.2, 0.25) is 0 Å². The van der Waals surface area contributed by atoms with Crippen molar-refractivity contribution < 1.29 is 14.9 Å². The molecule has 31 heavy (non-hydrogen) atoms. The summed E-state index contributed by atoms with van der Waals surface area (Å²) in [4.78, 5) is 7.39. The van der Waals surface area contributed by atoms with Crippen molar-refractivity contribution in [3.8, 4) is 11.5 Å². The summed E-state index contributed by atoms with van der Waals surface area (Å²) in [7, 11) is 4.04. The first-order valence-corrected chi connectivity index (χ1v) is 11.0. The summed E-state index contributed by atoms with van der Waals surface area (Å²) < 4.78 is 6.57. The van der Waals surface area contributed by atoms with Gasteiger partial charge in [0.15, 0.2) is 17.6 Å². The molecular weight excluding hydrogens is 390 g/mol. The first kappa shape index (κ1) is 17.8. The lowest BCUT2D eigenvalue weighted by atomic mass is 9.49. The van der Waals surface area contributed by atoms with Gasteiger partial charge in [-0.05, 0) is 44.1 Å². The van der Waals surface area contributed by atoms with Crippen LogP contribution >= 0.6 is 0 Å². The maximum Gasteiger partial charge on any atom is 0.166 e. The number of hydrogen-bond acceptors (Lipinski definition) is 6. The summed E-state index contributed by atoms with van der Waals surface area (Å²) >= 11 is 0. The monoisotopic (exact) mass is 415 g/mol. The Morgan fingerprint density at radius 3 is 2.90 bits per heavy atom. The third kappa shape index (κ3) is 1.82. The number of aliphatic hydroxyl groups is 1. The van der Waals surface area contributed by atoms with Crippen LogP contribution < -0.4 is 10.1 Å². The lowest BCUT2D eigenvalue weighted by Gasteiger charge is -2.62. The Labute approximate surface area is 180 Å². The summed E-state index contributed by atoms with van der Waals surface area (Å²) in [6, 6.07) is 11.8. The highest BCUT2D eigenvalue weighted by Crippen LogP contribution is 2.68. The Bertz CT molecular complexity index is 1290. The van der Waals surface area contributed by atoms with E-state index in [9.17, 15) is 10.2 Å². The fourth-order valence-electron chi connectivity index (χ4n) is 7.15. The van der Waals surface area contributed by atoms with Crippen LogP contribution in [0.2, 0.25) is 0 Å². The molecule has 0 amide bonds. The minimum absolute atomic E-state index is 0.0142. The summed E-state index contributed by atoms with van der Waals surface area (Å²) in [6.07, 6.45) is 1.61. The molecule has 3 N–H and O–H groups in total. The molecule has 1 fully saturated rings. The molecule has 1 spiro atoms. The van der Waals surface area contributed by atoms with Crippen molar-refractivity contribution in [2.45, 2.75) is 42.4 Å². The standard InChI is InChI=1S/C25H25N3O3/c1-26-20-14-5-3-4-6-16(14)27-21-15(20)12-25(30)18-11-13-7-8-17(29)22-19(13)24(25,23(21)31-22)9-10-28(18)2/h3-8,18,23,29-30H,9-12H2,1-2H3,(H,26,27)/t18-,23?,24-,25?/m0/s1. The number of piperidine rings is 1. The zero-order chi connectivity index (χ0) is 21.1. The predicted octanol–water partition coefficient (Wildman–Crippen LogP) is 2.90. The molecule has 2 aromatic carbocycles. The molecule has 2 bridgehead atoms. The van der Waals surface area contributed by atoms with Crippen LogP contribution in [0.4, 0.5) is 5.69 Å². The highest BCUT2D eigenvalue weighted by atomic mass is 16.5. The van der Waals surface area contributed by atoms with E-state index in [1.54, 1.807) is 6.07 Å². The summed E-state index contributed by atoms with van der Waals surface area (Å²) in [5.74, 6) is 0.691. The molecule has 0 radical (unpaired) electrons. The molecule has 6 heteroatoms. The second-order valence-corrected chi connectivity index (χ2v) is 9.59. The molecule has 4 aliphatic rings. The van der Waals surface area contributed by atoms with Crippen molar-refractivity contribution in [2.75, 3.05) is 26.0 Å². The zero-order valence-electron chi connectivity index (χ0n) is 17.6. The van der Waals surface area contributed by atoms with E-state index >= 15 is 0 Å². The molecule has 6 nitrogen and oxygen atoms in total. The van der Waals surface area contributed by atoms with Crippen LogP contribution in [0.25, 0.3) is 10.9 Å². The number of rotatable bonds is 1. The molecule has 3 heterocycles. The van der Waals surface area contributed by atoms with E-state index < -0.39 is 17.1 Å². The number of hydrogen-bond donors (Lipinski definition) is 3. The first-order chi connectivity index (χ1) is 15.0. The minimum atomic E-state index is -1.00. The van der Waals surface area contributed by atoms with E-state index in [4.69, 9.17) is 9.72 Å². The second kappa shape index (κ2) is 5.50. The average molecular weight is 415 g/mol. The van der Waals surface area contributed by atoms with Gasteiger partial charge in [0.25, 0.3) is 0 Å². The molecule has 2 aliphatic heterocycles. The number of likely N-dealkylation sites (tertiary alicyclic amines) is 1. The number of fused-ring (bicyclic) bond motifs is 3. The average Bonchev–Trinajstić information content (AvgIpc) is 3.12. The highest BCUT2D eigenvalue weighted by molar-refractivity contribution is 5.94. The van der Waals surface area contributed by atoms with Crippen LogP contribution in [0.1, 0.15) is 34.9 Å². The number of aromatic hydroxyl groups is 1. The van der Waals surface area contributed by atoms with Gasteiger partial charge in [-0.25, -0.2) is 4.98 Å². The zero-order valence-corrected chi connectivity index (χ0v) is 17.6. The molecule has 0 saturated carbocycles. The molecule has 2 unspecified atom stereocenters. The van der Waals surface area contributed by atoms with Crippen LogP contribution in [0.15, 0.2) is 36.4 Å². The van der Waals surface area contributed by atoms with Crippen molar-refractivity contribution in [1.29, 1.82) is 0 Å². The molecular formula is C25H25N3O3. The van der Waals surface area contributed by atoms with Gasteiger partial charge < -0.3 is 25.2 Å². The van der Waals surface area contributed by atoms with Crippen LogP contribution in [-0.4, -0.2) is 52.4 Å². The Kier molecular flexibility index (Phi) is 3.16. The molecule has 4 atom stereocenters. The van der Waals surface area contributed by atoms with Gasteiger partial charge in [-0.15, -0.1) is 0 Å². The number of nitrogens with zero attached hydrogens (tertiary/aromatic N) is 2. The maximum absolute atomic E-state index is 12.6. The van der Waals surface area contributed by atoms with Crippen molar-refractivity contribution >= 4 is 16.6 Å². The fourth-order valence-corrected chi connectivity index (χ4v) is 7.15. The van der Waals surface area contributed by atoms with E-state index in [0.717, 1.165) is 52.8 Å². The number of likely N-dealkylation sites (N-methyl/N-ethyl adjacent to an activating group) is 1. The van der Waals surface area contributed by atoms with E-state index in [1.807, 2.05) is 31.3 Å². The molecule has 1 aromatic heterocycles. The number of benzene rings is 2. The van der Waals surface area contributed by atoms with Gasteiger partial charge >= 0.3 is 0 Å². The number of ether oxygens (including phenoxy) is 1. The predicted molar refractivity (Wildman–Crippen MR) is 118 cm³/mol. The number of phenolic OH excluding ortho intramolecular Hbond substituents is 1. The van der Waals surface area contributed by atoms with Crippen LogP contribution in [0.5, 0.6) is 11.5 Å². The van der Waals surface area contributed by atoms with Crippen LogP contribution in [0.3, 0.4) is 0 Å². The van der Waals surface area contributed by atoms with Crippen molar-refractivity contribution in [3.05, 3.63) is 58.8 Å². The Morgan fingerprint density at radius 2 is 2.06 bits per heavy atom. The van der Waals surface area contributed by atoms with Crippen molar-refractivity contribution in [3.63, 3.8) is 0 Å². The SMILES string of the molecule is CNc1c2c(nc3ccccc13)C1Oc3c(O)ccc4c3[C@@]13CCN(C)[C@@H](C4)C3(O)C2. The normalized spacial score (nSPS) is 32.4. The van der Waals surface area contributed by atoms with Gasteiger partial charge in [-0.3, -0.25) is 0 Å². The Balaban J connectivity index is 1.61. The number of anilines is 1. The molecule has 2 aliphatic carbocycles. The van der Waals surface area contributed by atoms with Gasteiger partial charge in [0.05, 0.1) is 22.2 Å². The summed E-state index contributed by atoms with van der Waals surface area (Å²) in [6.45, 7) is 0.878. The quantitative estimate of drug-likeness (QED) is 0.567. The molecule has 3 aromatic rings. The van der Waals surface area contributed by atoms with Gasteiger partial charge in [0, 0.05) is 41.7 Å². The van der Waals surface area contributed by atoms with Gasteiger partial charge in [0.1, 0.15) is 0 Å². The van der Waals surface area contributed by atoms with Gasteiger partial charge in [-0.1, -0.05) is 24.3 Å². The molecule has 7 rings (SSSR count). The van der Waals surface area contributed by atoms with E-state index in [1.165, 1.54) is 5.56 Å². The lowest BCUT2D eigenvalue weighted by Crippen LogP contribution is -2.74. The van der Waals surface area contributed by atoms with E-state index in [2.05, 4.69) is 23.3 Å². The van der Waals surface area contributed by atoms with Crippen molar-refractivity contribution in [1.82, 2.24) is 9.88 Å². The number of aromatic nitrogens is 1. The number of phenols is 1. The van der Waals surface area contributed by atoms with Crippen molar-refractivity contribution in [2.24, 2.45) is 0 Å². The summed E-state index contributed by atoms with van der Waals surface area (Å²) in [5, 5.41) is 27.7. The number of para-hydroxylation sites is 1. The minimum Gasteiger partial charge on any atom is -0.504 e. The summed E-state index contributed by atoms with van der Waals surface area (Å²) in [5.41, 5.74) is 4.43. The smallest absolute Gasteiger partial charge is 0.166 e. The third-order valence-electron chi connectivity index (χ3n) is 8.45. The third-order valence-corrected chi connectivity index (χ3v) is 8.45. The van der Waals surface area contributed by atoms with E-state index in [0.29, 0.717) is 12.2 Å². The largest absolute Gasteiger partial charge is 0.504 e. The highest BCUT2D eigenvalue weighted by Gasteiger charge is 2.72. The number of nitrogens with one attached hydrogen (secondary N) is 1. The fraction of sp³-hybridized carbons (Fsp3) is 0.400. The maximum atomic E-state index is 12.6. The number of pyridine rings is 1. The first-order valence-electron chi connectivity index (χ1n) is 11.0. The lowest BCUT2D eigenvalue weighted by molar-refractivity contribution is -0.167. The second-order valence-electron chi connectivity index (χ2n) is 9.59. The molecule has 1 saturated heterocycles. The Hall–Kier alpha value is -2.83. The Morgan fingerprint density at radius 1 is 1.23 bits per heavy atom. The molecule has 158 valence electrons. The van der Waals surface area contributed by atoms with Crippen LogP contribution in [0, 0.1) is 0 Å².